The third-order valence-corrected chi connectivity index (χ3v) is 3.73. The highest BCUT2D eigenvalue weighted by molar-refractivity contribution is 6.30. The van der Waals surface area contributed by atoms with Crippen molar-refractivity contribution in [3.05, 3.63) is 52.6 Å². The Bertz CT molecular complexity index is 568. The lowest BCUT2D eigenvalue weighted by Gasteiger charge is -2.18. The molecular formula is C16H19ClN2. The monoisotopic (exact) mass is 274 g/mol. The van der Waals surface area contributed by atoms with Gasteiger partial charge >= 0.3 is 0 Å². The van der Waals surface area contributed by atoms with Gasteiger partial charge in [0.15, 0.2) is 0 Å². The first-order valence-electron chi connectivity index (χ1n) is 6.52. The van der Waals surface area contributed by atoms with Crippen LogP contribution >= 0.6 is 11.6 Å². The van der Waals surface area contributed by atoms with Gasteiger partial charge in [0, 0.05) is 5.41 Å². The zero-order valence-corrected chi connectivity index (χ0v) is 12.3. The summed E-state index contributed by atoms with van der Waals surface area (Å²) in [4.78, 5) is 7.77. The molecule has 0 radical (unpaired) electrons. The average Bonchev–Trinajstić information content (AvgIpc) is 2.80. The number of imidazole rings is 1. The molecule has 0 bridgehead atoms. The Morgan fingerprint density at radius 3 is 2.53 bits per heavy atom. The summed E-state index contributed by atoms with van der Waals surface area (Å²) in [6, 6.07) is 10.1. The Hall–Kier alpha value is -1.54. The van der Waals surface area contributed by atoms with E-state index in [0.29, 0.717) is 5.15 Å². The van der Waals surface area contributed by atoms with Crippen molar-refractivity contribution in [1.29, 1.82) is 0 Å². The molecule has 2 aromatic rings. The highest BCUT2D eigenvalue weighted by atomic mass is 35.5. The fourth-order valence-corrected chi connectivity index (χ4v) is 1.90. The van der Waals surface area contributed by atoms with Gasteiger partial charge in [-0.2, -0.15) is 0 Å². The van der Waals surface area contributed by atoms with E-state index in [2.05, 4.69) is 30.7 Å². The topological polar surface area (TPSA) is 28.7 Å². The molecule has 3 heteroatoms. The summed E-state index contributed by atoms with van der Waals surface area (Å²) in [5.41, 5.74) is 1.95. The van der Waals surface area contributed by atoms with Crippen molar-refractivity contribution in [3.63, 3.8) is 0 Å². The molecule has 0 spiro atoms. The van der Waals surface area contributed by atoms with Crippen LogP contribution in [0.4, 0.5) is 0 Å². The first-order chi connectivity index (χ1) is 9.03. The minimum Gasteiger partial charge on any atom is -0.332 e. The van der Waals surface area contributed by atoms with Gasteiger partial charge in [0.1, 0.15) is 16.7 Å². The van der Waals surface area contributed by atoms with Crippen LogP contribution < -0.4 is 0 Å². The lowest BCUT2D eigenvalue weighted by molar-refractivity contribution is 0.477. The van der Waals surface area contributed by atoms with Crippen molar-refractivity contribution in [3.8, 4) is 0 Å². The van der Waals surface area contributed by atoms with E-state index in [1.165, 1.54) is 0 Å². The van der Waals surface area contributed by atoms with E-state index in [9.17, 15) is 0 Å². The quantitative estimate of drug-likeness (QED) is 0.842. The highest BCUT2D eigenvalue weighted by Gasteiger charge is 2.22. The van der Waals surface area contributed by atoms with Gasteiger partial charge in [-0.15, -0.1) is 0 Å². The van der Waals surface area contributed by atoms with Gasteiger partial charge in [-0.05, 0) is 18.1 Å². The molecule has 19 heavy (non-hydrogen) atoms. The lowest BCUT2D eigenvalue weighted by atomic mass is 9.90. The van der Waals surface area contributed by atoms with E-state index < -0.39 is 0 Å². The normalized spacial score (nSPS) is 12.2. The average molecular weight is 275 g/mol. The van der Waals surface area contributed by atoms with E-state index in [1.54, 1.807) is 0 Å². The molecule has 0 unspecified atom stereocenters. The first kappa shape index (κ1) is 13.9. The molecule has 1 aromatic carbocycles. The summed E-state index contributed by atoms with van der Waals surface area (Å²) in [5, 5.41) is 0.601. The first-order valence-corrected chi connectivity index (χ1v) is 6.90. The second kappa shape index (κ2) is 5.62. The molecule has 0 amide bonds. The Kier molecular flexibility index (Phi) is 4.11. The Morgan fingerprint density at radius 1 is 1.21 bits per heavy atom. The minimum absolute atomic E-state index is 0.0163. The zero-order valence-electron chi connectivity index (χ0n) is 11.6. The van der Waals surface area contributed by atoms with Crippen molar-refractivity contribution in [2.24, 2.45) is 0 Å². The van der Waals surface area contributed by atoms with Gasteiger partial charge in [-0.1, -0.05) is 68.8 Å². The molecule has 0 saturated heterocycles. The van der Waals surface area contributed by atoms with E-state index in [-0.39, 0.29) is 5.41 Å². The SMILES string of the molecule is CCC(C)(C)c1nc(/C=C/c2ccccc2)c(Cl)[nH]1. The smallest absolute Gasteiger partial charge is 0.133 e. The second-order valence-electron chi connectivity index (χ2n) is 5.27. The number of hydrogen-bond donors (Lipinski definition) is 1. The number of hydrogen-bond acceptors (Lipinski definition) is 1. The Balaban J connectivity index is 2.25. The van der Waals surface area contributed by atoms with E-state index in [4.69, 9.17) is 11.6 Å². The summed E-state index contributed by atoms with van der Waals surface area (Å²) in [7, 11) is 0. The molecule has 0 fully saturated rings. The highest BCUT2D eigenvalue weighted by Crippen LogP contribution is 2.27. The summed E-state index contributed by atoms with van der Waals surface area (Å²) >= 11 is 6.20. The fourth-order valence-electron chi connectivity index (χ4n) is 1.70. The molecule has 0 atom stereocenters. The van der Waals surface area contributed by atoms with Gasteiger partial charge in [0.25, 0.3) is 0 Å². The molecule has 0 aliphatic carbocycles. The molecule has 0 aliphatic rings. The fraction of sp³-hybridized carbons (Fsp3) is 0.312. The van der Waals surface area contributed by atoms with Crippen molar-refractivity contribution in [2.45, 2.75) is 32.6 Å². The number of aromatic amines is 1. The van der Waals surface area contributed by atoms with Crippen LogP contribution in [0.5, 0.6) is 0 Å². The molecule has 0 saturated carbocycles. The third kappa shape index (κ3) is 3.27. The maximum Gasteiger partial charge on any atom is 0.133 e. The van der Waals surface area contributed by atoms with Crippen LogP contribution in [0.3, 0.4) is 0 Å². The van der Waals surface area contributed by atoms with Gasteiger partial charge in [-0.25, -0.2) is 4.98 Å². The van der Waals surface area contributed by atoms with Gasteiger partial charge in [0.05, 0.1) is 0 Å². The lowest BCUT2D eigenvalue weighted by Crippen LogP contribution is -2.17. The van der Waals surface area contributed by atoms with Crippen LogP contribution in [-0.4, -0.2) is 9.97 Å². The molecule has 0 aliphatic heterocycles. The molecule has 2 nitrogen and oxygen atoms in total. The van der Waals surface area contributed by atoms with Crippen LogP contribution in [0.1, 0.15) is 44.3 Å². The molecule has 100 valence electrons. The maximum atomic E-state index is 6.20. The number of nitrogens with zero attached hydrogens (tertiary/aromatic N) is 1. The van der Waals surface area contributed by atoms with Crippen molar-refractivity contribution >= 4 is 23.8 Å². The zero-order chi connectivity index (χ0) is 13.9. The van der Waals surface area contributed by atoms with E-state index in [1.807, 2.05) is 42.5 Å². The molecular weight excluding hydrogens is 256 g/mol. The molecule has 1 heterocycles. The summed E-state index contributed by atoms with van der Waals surface area (Å²) in [5.74, 6) is 0.938. The van der Waals surface area contributed by atoms with Gasteiger partial charge in [0.2, 0.25) is 0 Å². The Labute approximate surface area is 119 Å². The summed E-state index contributed by atoms with van der Waals surface area (Å²) < 4.78 is 0. The molecule has 1 aromatic heterocycles. The number of nitrogens with one attached hydrogen (secondary N) is 1. The summed E-state index contributed by atoms with van der Waals surface area (Å²) in [6.45, 7) is 6.47. The number of H-pyrrole nitrogens is 1. The van der Waals surface area contributed by atoms with Crippen molar-refractivity contribution in [2.75, 3.05) is 0 Å². The van der Waals surface area contributed by atoms with Crippen LogP contribution in [0, 0.1) is 0 Å². The molecule has 1 N–H and O–H groups in total. The maximum absolute atomic E-state index is 6.20. The number of rotatable bonds is 4. The standard InChI is InChI=1S/C16H19ClN2/c1-4-16(2,3)15-18-13(14(17)19-15)11-10-12-8-6-5-7-9-12/h5-11H,4H2,1-3H3,(H,18,19)/b11-10+. The van der Waals surface area contributed by atoms with E-state index in [0.717, 1.165) is 23.5 Å². The van der Waals surface area contributed by atoms with Gasteiger partial charge < -0.3 is 4.98 Å². The Morgan fingerprint density at radius 2 is 1.89 bits per heavy atom. The van der Waals surface area contributed by atoms with Crippen LogP contribution in [0.2, 0.25) is 5.15 Å². The number of halogens is 1. The second-order valence-corrected chi connectivity index (χ2v) is 5.64. The molecule has 2 rings (SSSR count). The van der Waals surface area contributed by atoms with Gasteiger partial charge in [-0.3, -0.25) is 0 Å². The minimum atomic E-state index is 0.0163. The van der Waals surface area contributed by atoms with Crippen LogP contribution in [0.15, 0.2) is 30.3 Å². The predicted molar refractivity (Wildman–Crippen MR) is 82.3 cm³/mol. The predicted octanol–water partition coefficient (Wildman–Crippen LogP) is 4.92. The third-order valence-electron chi connectivity index (χ3n) is 3.44. The van der Waals surface area contributed by atoms with Crippen LogP contribution in [-0.2, 0) is 5.41 Å². The van der Waals surface area contributed by atoms with Crippen LogP contribution in [0.25, 0.3) is 12.2 Å². The summed E-state index contributed by atoms with van der Waals surface area (Å²) in [6.07, 6.45) is 4.98. The number of aromatic nitrogens is 2. The number of benzene rings is 1. The van der Waals surface area contributed by atoms with Crippen molar-refractivity contribution in [1.82, 2.24) is 9.97 Å². The van der Waals surface area contributed by atoms with Crippen molar-refractivity contribution < 1.29 is 0 Å². The van der Waals surface area contributed by atoms with E-state index >= 15 is 0 Å². The largest absolute Gasteiger partial charge is 0.332 e.